The van der Waals surface area contributed by atoms with Crippen LogP contribution in [0.4, 0.5) is 5.82 Å². The van der Waals surface area contributed by atoms with Crippen molar-refractivity contribution in [3.05, 3.63) is 47.4 Å². The molecule has 2 heterocycles. The maximum atomic E-state index is 9.54. The van der Waals surface area contributed by atoms with Gasteiger partial charge in [-0.3, -0.25) is 9.88 Å². The third-order valence-corrected chi connectivity index (χ3v) is 5.38. The van der Waals surface area contributed by atoms with Gasteiger partial charge < -0.3 is 14.7 Å². The summed E-state index contributed by atoms with van der Waals surface area (Å²) >= 11 is 0. The molecule has 2 aromatic rings. The van der Waals surface area contributed by atoms with Crippen molar-refractivity contribution in [1.29, 1.82) is 0 Å². The van der Waals surface area contributed by atoms with Crippen LogP contribution in [0.15, 0.2) is 30.7 Å². The Morgan fingerprint density at radius 3 is 2.73 bits per heavy atom. The van der Waals surface area contributed by atoms with Crippen LogP contribution in [0.3, 0.4) is 0 Å². The number of rotatable bonds is 6. The van der Waals surface area contributed by atoms with Crippen molar-refractivity contribution >= 4 is 5.82 Å². The van der Waals surface area contributed by atoms with Gasteiger partial charge in [-0.1, -0.05) is 6.07 Å². The van der Waals surface area contributed by atoms with Gasteiger partial charge in [-0.2, -0.15) is 0 Å². The minimum Gasteiger partial charge on any atom is -0.496 e. The number of anilines is 1. The number of aromatic nitrogens is 2. The van der Waals surface area contributed by atoms with E-state index >= 15 is 0 Å². The van der Waals surface area contributed by atoms with Crippen molar-refractivity contribution in [2.45, 2.75) is 32.9 Å². The van der Waals surface area contributed by atoms with Gasteiger partial charge in [0.2, 0.25) is 0 Å². The Kier molecular flexibility index (Phi) is 6.06. The Morgan fingerprint density at radius 2 is 2.04 bits per heavy atom. The summed E-state index contributed by atoms with van der Waals surface area (Å²) in [7, 11) is 1.71. The van der Waals surface area contributed by atoms with Crippen LogP contribution in [-0.4, -0.2) is 59.4 Å². The highest BCUT2D eigenvalue weighted by Crippen LogP contribution is 2.27. The van der Waals surface area contributed by atoms with Crippen LogP contribution in [-0.2, 0) is 6.54 Å². The first-order valence-corrected chi connectivity index (χ1v) is 9.13. The van der Waals surface area contributed by atoms with Gasteiger partial charge >= 0.3 is 0 Å². The molecule has 0 aliphatic carbocycles. The molecule has 0 amide bonds. The summed E-state index contributed by atoms with van der Waals surface area (Å²) in [6.07, 6.45) is 5.99. The third kappa shape index (κ3) is 3.97. The Morgan fingerprint density at radius 1 is 1.19 bits per heavy atom. The molecular formula is C20H28N4O2. The molecule has 1 N–H and O–H groups in total. The zero-order valence-corrected chi connectivity index (χ0v) is 15.9. The molecule has 6 heteroatoms. The molecule has 0 saturated carbocycles. The van der Waals surface area contributed by atoms with Crippen molar-refractivity contribution < 1.29 is 9.84 Å². The lowest BCUT2D eigenvalue weighted by molar-refractivity contribution is 0.135. The molecule has 26 heavy (non-hydrogen) atoms. The molecule has 1 saturated heterocycles. The van der Waals surface area contributed by atoms with Crippen molar-refractivity contribution in [1.82, 2.24) is 14.9 Å². The van der Waals surface area contributed by atoms with Gasteiger partial charge in [0.25, 0.3) is 0 Å². The van der Waals surface area contributed by atoms with Crippen LogP contribution < -0.4 is 9.64 Å². The average Bonchev–Trinajstić information content (AvgIpc) is 2.68. The van der Waals surface area contributed by atoms with Gasteiger partial charge in [-0.25, -0.2) is 4.98 Å². The summed E-state index contributed by atoms with van der Waals surface area (Å²) in [5.41, 5.74) is 3.80. The second-order valence-electron chi connectivity index (χ2n) is 6.82. The molecule has 6 nitrogen and oxygen atoms in total. The van der Waals surface area contributed by atoms with E-state index in [0.717, 1.165) is 44.2 Å². The molecule has 1 aliphatic rings. The first-order valence-electron chi connectivity index (χ1n) is 9.13. The Hall–Kier alpha value is -2.18. The van der Waals surface area contributed by atoms with Gasteiger partial charge in [0.05, 0.1) is 13.3 Å². The topological polar surface area (TPSA) is 61.7 Å². The quantitative estimate of drug-likeness (QED) is 0.856. The fraction of sp³-hybridized carbons (Fsp3) is 0.500. The van der Waals surface area contributed by atoms with Gasteiger partial charge in [0.15, 0.2) is 0 Å². The molecule has 1 aromatic carbocycles. The zero-order chi connectivity index (χ0) is 18.5. The summed E-state index contributed by atoms with van der Waals surface area (Å²) in [6.45, 7) is 8.04. The molecule has 1 aliphatic heterocycles. The number of ether oxygens (including phenoxy) is 1. The number of piperazine rings is 1. The number of hydrogen-bond donors (Lipinski definition) is 1. The van der Waals surface area contributed by atoms with E-state index in [1.165, 1.54) is 16.7 Å². The van der Waals surface area contributed by atoms with Gasteiger partial charge in [-0.05, 0) is 43.0 Å². The number of aliphatic hydroxyl groups is 1. The largest absolute Gasteiger partial charge is 0.496 e. The molecule has 0 radical (unpaired) electrons. The fourth-order valence-electron chi connectivity index (χ4n) is 3.65. The van der Waals surface area contributed by atoms with Gasteiger partial charge in [0, 0.05) is 51.2 Å². The number of hydrogen-bond acceptors (Lipinski definition) is 6. The first kappa shape index (κ1) is 18.6. The molecule has 140 valence electrons. The molecule has 0 bridgehead atoms. The normalized spacial score (nSPS) is 18.2. The van der Waals surface area contributed by atoms with Crippen molar-refractivity contribution in [2.24, 2.45) is 0 Å². The van der Waals surface area contributed by atoms with E-state index in [9.17, 15) is 5.11 Å². The molecule has 1 atom stereocenters. The standard InChI is InChI=1S/C20H28N4O2/c1-15-16(2)19(26-3)5-4-17(15)13-23-9-10-24(14-18(23)6-11-25)20-12-21-7-8-22-20/h4-5,7-8,12,18,25H,6,9-11,13-14H2,1-3H3/t18-/m1/s1. The van der Waals surface area contributed by atoms with E-state index in [1.807, 2.05) is 6.20 Å². The first-order chi connectivity index (χ1) is 12.6. The maximum absolute atomic E-state index is 9.54. The van der Waals surface area contributed by atoms with Crippen LogP contribution in [0.2, 0.25) is 0 Å². The number of methoxy groups -OCH3 is 1. The summed E-state index contributed by atoms with van der Waals surface area (Å²) in [5, 5.41) is 9.54. The summed E-state index contributed by atoms with van der Waals surface area (Å²) in [6, 6.07) is 4.50. The highest BCUT2D eigenvalue weighted by atomic mass is 16.5. The lowest BCUT2D eigenvalue weighted by Crippen LogP contribution is -2.53. The minimum atomic E-state index is 0.191. The van der Waals surface area contributed by atoms with E-state index in [-0.39, 0.29) is 12.6 Å². The van der Waals surface area contributed by atoms with Crippen LogP contribution in [0.5, 0.6) is 5.75 Å². The second kappa shape index (κ2) is 8.47. The SMILES string of the molecule is COc1ccc(CN2CCN(c3cnccn3)C[C@H]2CCO)c(C)c1C. The van der Waals surface area contributed by atoms with Crippen LogP contribution in [0.25, 0.3) is 0 Å². The smallest absolute Gasteiger partial charge is 0.147 e. The third-order valence-electron chi connectivity index (χ3n) is 5.38. The van der Waals surface area contributed by atoms with E-state index in [1.54, 1.807) is 19.5 Å². The van der Waals surface area contributed by atoms with E-state index < -0.39 is 0 Å². The lowest BCUT2D eigenvalue weighted by atomic mass is 10.00. The minimum absolute atomic E-state index is 0.191. The second-order valence-corrected chi connectivity index (χ2v) is 6.82. The van der Waals surface area contributed by atoms with Crippen LogP contribution >= 0.6 is 0 Å². The van der Waals surface area contributed by atoms with Crippen molar-refractivity contribution in [3.8, 4) is 5.75 Å². The molecule has 0 unspecified atom stereocenters. The Balaban J connectivity index is 1.75. The summed E-state index contributed by atoms with van der Waals surface area (Å²) < 4.78 is 5.43. The van der Waals surface area contributed by atoms with Crippen LogP contribution in [0.1, 0.15) is 23.1 Å². The van der Waals surface area contributed by atoms with Gasteiger partial charge in [-0.15, -0.1) is 0 Å². The molecule has 0 spiro atoms. The summed E-state index contributed by atoms with van der Waals surface area (Å²) in [5.74, 6) is 1.84. The highest BCUT2D eigenvalue weighted by Gasteiger charge is 2.28. The van der Waals surface area contributed by atoms with Crippen molar-refractivity contribution in [2.75, 3.05) is 38.3 Å². The molecule has 1 fully saturated rings. The molecule has 3 rings (SSSR count). The number of nitrogens with zero attached hydrogens (tertiary/aromatic N) is 4. The average molecular weight is 356 g/mol. The van der Waals surface area contributed by atoms with Gasteiger partial charge in [0.1, 0.15) is 11.6 Å². The zero-order valence-electron chi connectivity index (χ0n) is 15.9. The van der Waals surface area contributed by atoms with E-state index in [0.29, 0.717) is 0 Å². The summed E-state index contributed by atoms with van der Waals surface area (Å²) in [4.78, 5) is 13.3. The monoisotopic (exact) mass is 356 g/mol. The Labute approximate surface area is 155 Å². The fourth-order valence-corrected chi connectivity index (χ4v) is 3.65. The van der Waals surface area contributed by atoms with Crippen molar-refractivity contribution in [3.63, 3.8) is 0 Å². The highest BCUT2D eigenvalue weighted by molar-refractivity contribution is 5.43. The van der Waals surface area contributed by atoms with Crippen LogP contribution in [0, 0.1) is 13.8 Å². The predicted octanol–water partition coefficient (Wildman–Crippen LogP) is 2.18. The lowest BCUT2D eigenvalue weighted by Gasteiger charge is -2.42. The Bertz CT molecular complexity index is 723. The maximum Gasteiger partial charge on any atom is 0.147 e. The molecular weight excluding hydrogens is 328 g/mol. The van der Waals surface area contributed by atoms with E-state index in [2.05, 4.69) is 45.7 Å². The predicted molar refractivity (Wildman–Crippen MR) is 103 cm³/mol. The van der Waals surface area contributed by atoms with E-state index in [4.69, 9.17) is 4.74 Å². The molecule has 1 aromatic heterocycles. The number of aliphatic hydroxyl groups excluding tert-OH is 1. The number of benzene rings is 1.